The predicted octanol–water partition coefficient (Wildman–Crippen LogP) is 2.12. The molecule has 1 aliphatic rings. The fourth-order valence-corrected chi connectivity index (χ4v) is 3.69. The highest BCUT2D eigenvalue weighted by atomic mass is 16.3. The quantitative estimate of drug-likeness (QED) is 0.700. The Morgan fingerprint density at radius 1 is 0.909 bits per heavy atom. The van der Waals surface area contributed by atoms with Crippen LogP contribution in [-0.4, -0.2) is 33.6 Å². The molecule has 1 aliphatic carbocycles. The monoisotopic (exact) mass is 300 g/mol. The van der Waals surface area contributed by atoms with Gasteiger partial charge in [0.1, 0.15) is 11.5 Å². The predicted molar refractivity (Wildman–Crippen MR) is 83.1 cm³/mol. The third kappa shape index (κ3) is 2.56. The van der Waals surface area contributed by atoms with Crippen LogP contribution in [0.3, 0.4) is 0 Å². The maximum atomic E-state index is 9.91. The van der Waals surface area contributed by atoms with Crippen LogP contribution in [-0.2, 0) is 6.42 Å². The molecule has 0 heterocycles. The minimum atomic E-state index is -0.164. The highest BCUT2D eigenvalue weighted by Gasteiger charge is 2.37. The van der Waals surface area contributed by atoms with Gasteiger partial charge in [-0.15, -0.1) is 0 Å². The fraction of sp³-hybridized carbons (Fsp3) is 0.333. The van der Waals surface area contributed by atoms with Crippen LogP contribution in [0.4, 0.5) is 0 Å². The first-order valence-corrected chi connectivity index (χ1v) is 7.46. The Labute approximate surface area is 129 Å². The van der Waals surface area contributed by atoms with Crippen LogP contribution in [0.15, 0.2) is 42.5 Å². The lowest BCUT2D eigenvalue weighted by molar-refractivity contribution is 0.154. The molecule has 4 heteroatoms. The summed E-state index contributed by atoms with van der Waals surface area (Å²) in [5.41, 5.74) is 2.88. The number of phenols is 2. The van der Waals surface area contributed by atoms with Gasteiger partial charge in [-0.25, -0.2) is 0 Å². The van der Waals surface area contributed by atoms with Crippen LogP contribution < -0.4 is 0 Å². The number of aliphatic hydroxyl groups excluding tert-OH is 2. The van der Waals surface area contributed by atoms with Gasteiger partial charge >= 0.3 is 0 Å². The first kappa shape index (κ1) is 14.9. The molecule has 0 saturated carbocycles. The maximum absolute atomic E-state index is 9.91. The second-order valence-corrected chi connectivity index (χ2v) is 5.94. The van der Waals surface area contributed by atoms with Crippen molar-refractivity contribution in [1.29, 1.82) is 0 Å². The molecule has 0 radical (unpaired) electrons. The third-order valence-corrected chi connectivity index (χ3v) is 4.64. The van der Waals surface area contributed by atoms with Gasteiger partial charge in [0.15, 0.2) is 0 Å². The number of fused-ring (bicyclic) bond motifs is 1. The molecule has 2 aromatic carbocycles. The molecule has 0 aliphatic heterocycles. The van der Waals surface area contributed by atoms with Gasteiger partial charge in [0.05, 0.1) is 6.61 Å². The summed E-state index contributed by atoms with van der Waals surface area (Å²) >= 11 is 0. The molecule has 0 amide bonds. The number of benzene rings is 2. The molecular weight excluding hydrogens is 280 g/mol. The van der Waals surface area contributed by atoms with E-state index in [-0.39, 0.29) is 42.5 Å². The zero-order valence-corrected chi connectivity index (χ0v) is 12.2. The largest absolute Gasteiger partial charge is 0.508 e. The van der Waals surface area contributed by atoms with E-state index in [1.807, 2.05) is 12.1 Å². The summed E-state index contributed by atoms with van der Waals surface area (Å²) in [6.45, 7) is -0.0550. The van der Waals surface area contributed by atoms with Gasteiger partial charge in [0, 0.05) is 12.5 Å². The Morgan fingerprint density at radius 3 is 2.36 bits per heavy atom. The van der Waals surface area contributed by atoms with Crippen molar-refractivity contribution in [3.8, 4) is 11.5 Å². The molecular formula is C18H20O4. The minimum Gasteiger partial charge on any atom is -0.508 e. The first-order valence-electron chi connectivity index (χ1n) is 7.46. The van der Waals surface area contributed by atoms with Gasteiger partial charge < -0.3 is 20.4 Å². The van der Waals surface area contributed by atoms with Crippen molar-refractivity contribution in [3.63, 3.8) is 0 Å². The Kier molecular flexibility index (Phi) is 4.05. The van der Waals surface area contributed by atoms with Crippen LogP contribution in [0.5, 0.6) is 11.5 Å². The van der Waals surface area contributed by atoms with Crippen molar-refractivity contribution in [2.24, 2.45) is 5.92 Å². The molecule has 0 aromatic heterocycles. The van der Waals surface area contributed by atoms with Crippen LogP contribution in [0.1, 0.15) is 28.5 Å². The molecule has 22 heavy (non-hydrogen) atoms. The average molecular weight is 300 g/mol. The minimum absolute atomic E-state index is 0.00802. The second kappa shape index (κ2) is 5.99. The number of phenolic OH excluding ortho intramolecular Hbond substituents is 2. The molecule has 4 N–H and O–H groups in total. The molecule has 0 spiro atoms. The van der Waals surface area contributed by atoms with Crippen LogP contribution in [0.25, 0.3) is 0 Å². The summed E-state index contributed by atoms with van der Waals surface area (Å²) in [5, 5.41) is 39.1. The lowest BCUT2D eigenvalue weighted by atomic mass is 9.66. The van der Waals surface area contributed by atoms with Gasteiger partial charge in [0.2, 0.25) is 0 Å². The number of aliphatic hydroxyl groups is 2. The Bertz CT molecular complexity index is 668. The van der Waals surface area contributed by atoms with Crippen LogP contribution in [0, 0.1) is 5.92 Å². The summed E-state index contributed by atoms with van der Waals surface area (Å²) in [4.78, 5) is 0. The van der Waals surface area contributed by atoms with Crippen molar-refractivity contribution >= 4 is 0 Å². The zero-order chi connectivity index (χ0) is 15.7. The normalized spacial score (nSPS) is 24.0. The highest BCUT2D eigenvalue weighted by Crippen LogP contribution is 2.46. The van der Waals surface area contributed by atoms with E-state index in [0.29, 0.717) is 6.42 Å². The fourth-order valence-electron chi connectivity index (χ4n) is 3.69. The second-order valence-electron chi connectivity index (χ2n) is 5.94. The summed E-state index contributed by atoms with van der Waals surface area (Å²) in [5.74, 6) is 0.0843. The molecule has 0 saturated heterocycles. The van der Waals surface area contributed by atoms with Crippen molar-refractivity contribution in [3.05, 3.63) is 59.2 Å². The number of aromatic hydroxyl groups is 2. The number of hydrogen-bond donors (Lipinski definition) is 4. The zero-order valence-electron chi connectivity index (χ0n) is 12.2. The number of rotatable bonds is 3. The van der Waals surface area contributed by atoms with Crippen LogP contribution in [0.2, 0.25) is 0 Å². The van der Waals surface area contributed by atoms with Crippen molar-refractivity contribution < 1.29 is 20.4 Å². The van der Waals surface area contributed by atoms with Crippen molar-refractivity contribution in [2.45, 2.75) is 18.3 Å². The summed E-state index contributed by atoms with van der Waals surface area (Å²) < 4.78 is 0. The molecule has 3 atom stereocenters. The lowest BCUT2D eigenvalue weighted by Crippen LogP contribution is -2.32. The van der Waals surface area contributed by atoms with E-state index in [0.717, 1.165) is 16.7 Å². The SMILES string of the molecule is OC[C@H]1Cc2cc(O)ccc2[C@H](CO)[C@H]1c1cccc(O)c1. The van der Waals surface area contributed by atoms with E-state index in [4.69, 9.17) is 0 Å². The summed E-state index contributed by atoms with van der Waals surface area (Å²) in [7, 11) is 0. The molecule has 0 unspecified atom stereocenters. The van der Waals surface area contributed by atoms with E-state index < -0.39 is 0 Å². The third-order valence-electron chi connectivity index (χ3n) is 4.64. The standard InChI is InChI=1S/C18H20O4/c19-9-13-6-12-8-15(22)4-5-16(12)17(10-20)18(13)11-2-1-3-14(21)7-11/h1-5,7-8,13,17-22H,6,9-10H2/t13-,17+,18+/m1/s1. The summed E-state index contributed by atoms with van der Waals surface area (Å²) in [6.07, 6.45) is 0.636. The molecule has 0 bridgehead atoms. The van der Waals surface area contributed by atoms with Gasteiger partial charge in [0.25, 0.3) is 0 Å². The van der Waals surface area contributed by atoms with Gasteiger partial charge in [-0.1, -0.05) is 18.2 Å². The van der Waals surface area contributed by atoms with Crippen molar-refractivity contribution in [1.82, 2.24) is 0 Å². The van der Waals surface area contributed by atoms with Crippen molar-refractivity contribution in [2.75, 3.05) is 13.2 Å². The highest BCUT2D eigenvalue weighted by molar-refractivity contribution is 5.43. The Hall–Kier alpha value is -2.04. The van der Waals surface area contributed by atoms with Crippen LogP contribution >= 0.6 is 0 Å². The molecule has 4 nitrogen and oxygen atoms in total. The Balaban J connectivity index is 2.09. The van der Waals surface area contributed by atoms with Gasteiger partial charge in [-0.3, -0.25) is 0 Å². The Morgan fingerprint density at radius 2 is 1.68 bits per heavy atom. The van der Waals surface area contributed by atoms with E-state index in [9.17, 15) is 20.4 Å². The average Bonchev–Trinajstić information content (AvgIpc) is 2.52. The van der Waals surface area contributed by atoms with Gasteiger partial charge in [-0.2, -0.15) is 0 Å². The van der Waals surface area contributed by atoms with E-state index >= 15 is 0 Å². The summed E-state index contributed by atoms with van der Waals surface area (Å²) in [6, 6.07) is 12.2. The molecule has 0 fully saturated rings. The first-order chi connectivity index (χ1) is 10.6. The topological polar surface area (TPSA) is 80.9 Å². The molecule has 2 aromatic rings. The maximum Gasteiger partial charge on any atom is 0.115 e. The number of hydrogen-bond acceptors (Lipinski definition) is 4. The van der Waals surface area contributed by atoms with E-state index in [1.165, 1.54) is 0 Å². The molecule has 3 rings (SSSR count). The smallest absolute Gasteiger partial charge is 0.115 e. The lowest BCUT2D eigenvalue weighted by Gasteiger charge is -2.38. The van der Waals surface area contributed by atoms with E-state index in [1.54, 1.807) is 30.3 Å². The van der Waals surface area contributed by atoms with Gasteiger partial charge in [-0.05, 0) is 59.2 Å². The van der Waals surface area contributed by atoms with E-state index in [2.05, 4.69) is 0 Å². The molecule has 116 valence electrons.